The fourth-order valence-electron chi connectivity index (χ4n) is 5.83. The molecule has 0 aliphatic heterocycles. The van der Waals surface area contributed by atoms with E-state index in [9.17, 15) is 9.59 Å². The Bertz CT molecular complexity index is 635. The van der Waals surface area contributed by atoms with E-state index in [4.69, 9.17) is 9.47 Å². The van der Waals surface area contributed by atoms with E-state index in [-0.39, 0.29) is 22.8 Å². The molecule has 4 unspecified atom stereocenters. The number of hydrogen-bond acceptors (Lipinski definition) is 4. The van der Waals surface area contributed by atoms with Gasteiger partial charge in [-0.05, 0) is 68.8 Å². The van der Waals surface area contributed by atoms with Gasteiger partial charge in [0, 0.05) is 19.3 Å². The monoisotopic (exact) mass is 390 g/mol. The van der Waals surface area contributed by atoms with Crippen molar-refractivity contribution in [3.8, 4) is 0 Å². The molecule has 4 heteroatoms. The van der Waals surface area contributed by atoms with Crippen LogP contribution in [0.5, 0.6) is 0 Å². The van der Waals surface area contributed by atoms with Crippen LogP contribution in [0.4, 0.5) is 0 Å². The van der Waals surface area contributed by atoms with Crippen LogP contribution >= 0.6 is 0 Å². The third-order valence-corrected chi connectivity index (χ3v) is 7.29. The fourth-order valence-corrected chi connectivity index (χ4v) is 5.83. The molecule has 158 valence electrons. The number of carbonyl (C=O) groups is 2. The number of allylic oxidation sites excluding steroid dienone is 2. The summed E-state index contributed by atoms with van der Waals surface area (Å²) in [6, 6.07) is 0. The highest BCUT2D eigenvalue weighted by Gasteiger charge is 2.54. The van der Waals surface area contributed by atoms with Crippen molar-refractivity contribution in [2.75, 3.05) is 13.2 Å². The minimum atomic E-state index is -0.241. The number of carbonyl (C=O) groups excluding carboxylic acids is 2. The average Bonchev–Trinajstić information content (AvgIpc) is 2.59. The van der Waals surface area contributed by atoms with Crippen molar-refractivity contribution in [1.29, 1.82) is 0 Å². The molecular formula is C24H38O4. The summed E-state index contributed by atoms with van der Waals surface area (Å²) < 4.78 is 10.5. The predicted molar refractivity (Wildman–Crippen MR) is 112 cm³/mol. The van der Waals surface area contributed by atoms with Crippen LogP contribution in [0.25, 0.3) is 0 Å². The van der Waals surface area contributed by atoms with Gasteiger partial charge in [-0.1, -0.05) is 38.0 Å². The zero-order valence-corrected chi connectivity index (χ0v) is 18.4. The highest BCUT2D eigenvalue weighted by molar-refractivity contribution is 5.66. The Morgan fingerprint density at radius 1 is 1.14 bits per heavy atom. The Morgan fingerprint density at radius 2 is 1.82 bits per heavy atom. The molecule has 4 nitrogen and oxygen atoms in total. The van der Waals surface area contributed by atoms with Gasteiger partial charge >= 0.3 is 11.9 Å². The Kier molecular flexibility index (Phi) is 7.52. The first-order chi connectivity index (χ1) is 13.1. The van der Waals surface area contributed by atoms with Crippen LogP contribution in [0.1, 0.15) is 79.6 Å². The molecule has 4 atom stereocenters. The molecule has 2 saturated carbocycles. The van der Waals surface area contributed by atoms with Gasteiger partial charge in [-0.25, -0.2) is 0 Å². The lowest BCUT2D eigenvalue weighted by molar-refractivity contribution is -0.152. The molecule has 2 rings (SSSR count). The molecular weight excluding hydrogens is 352 g/mol. The second-order valence-electron chi connectivity index (χ2n) is 9.49. The largest absolute Gasteiger partial charge is 0.465 e. The molecule has 0 aromatic heterocycles. The van der Waals surface area contributed by atoms with Crippen LogP contribution in [0.15, 0.2) is 23.8 Å². The van der Waals surface area contributed by atoms with Crippen molar-refractivity contribution in [2.24, 2.45) is 22.7 Å². The summed E-state index contributed by atoms with van der Waals surface area (Å²) in [5.41, 5.74) is 2.90. The topological polar surface area (TPSA) is 52.6 Å². The molecule has 0 heterocycles. The average molecular weight is 391 g/mol. The standard InChI is InChI=1S/C24H38O4/c1-17(12-15-27-19(3)25)8-10-21-18(2)9-11-22-23(5,16-28-20(4)26)13-7-14-24(21,22)6/h12,21-22H,2,7-11,13-16H2,1,3-6H3. The molecule has 2 aliphatic carbocycles. The number of hydrogen-bond donors (Lipinski definition) is 0. The van der Waals surface area contributed by atoms with Gasteiger partial charge in [-0.2, -0.15) is 0 Å². The quantitative estimate of drug-likeness (QED) is 0.418. The van der Waals surface area contributed by atoms with Gasteiger partial charge in [0.25, 0.3) is 0 Å². The van der Waals surface area contributed by atoms with E-state index in [1.807, 2.05) is 6.08 Å². The summed E-state index contributed by atoms with van der Waals surface area (Å²) in [6.45, 7) is 15.1. The van der Waals surface area contributed by atoms with Gasteiger partial charge in [0.05, 0.1) is 6.61 Å². The van der Waals surface area contributed by atoms with Crippen LogP contribution in [0, 0.1) is 22.7 Å². The van der Waals surface area contributed by atoms with Crippen LogP contribution in [-0.4, -0.2) is 25.2 Å². The number of ether oxygens (including phenoxy) is 2. The molecule has 0 radical (unpaired) electrons. The van der Waals surface area contributed by atoms with Gasteiger partial charge in [-0.3, -0.25) is 9.59 Å². The Labute approximate surface area is 170 Å². The van der Waals surface area contributed by atoms with Gasteiger partial charge in [0.2, 0.25) is 0 Å². The van der Waals surface area contributed by atoms with Crippen molar-refractivity contribution < 1.29 is 19.1 Å². The fraction of sp³-hybridized carbons (Fsp3) is 0.750. The lowest BCUT2D eigenvalue weighted by atomic mass is 9.47. The molecule has 0 bridgehead atoms. The second-order valence-corrected chi connectivity index (χ2v) is 9.49. The van der Waals surface area contributed by atoms with E-state index in [2.05, 4.69) is 27.4 Å². The predicted octanol–water partition coefficient (Wildman–Crippen LogP) is 5.62. The highest BCUT2D eigenvalue weighted by atomic mass is 16.5. The van der Waals surface area contributed by atoms with Crippen molar-refractivity contribution in [3.63, 3.8) is 0 Å². The van der Waals surface area contributed by atoms with Gasteiger partial charge in [0.15, 0.2) is 0 Å². The first-order valence-electron chi connectivity index (χ1n) is 10.7. The number of fused-ring (bicyclic) bond motifs is 1. The zero-order chi connectivity index (χ0) is 20.9. The molecule has 2 fully saturated rings. The molecule has 0 spiro atoms. The van der Waals surface area contributed by atoms with E-state index >= 15 is 0 Å². The van der Waals surface area contributed by atoms with E-state index in [1.54, 1.807) is 0 Å². The summed E-state index contributed by atoms with van der Waals surface area (Å²) in [7, 11) is 0. The van der Waals surface area contributed by atoms with Crippen molar-refractivity contribution in [1.82, 2.24) is 0 Å². The van der Waals surface area contributed by atoms with E-state index in [0.29, 0.717) is 25.0 Å². The summed E-state index contributed by atoms with van der Waals surface area (Å²) in [6.07, 6.45) is 9.82. The molecule has 28 heavy (non-hydrogen) atoms. The second kappa shape index (κ2) is 9.28. The zero-order valence-electron chi connectivity index (χ0n) is 18.4. The van der Waals surface area contributed by atoms with Gasteiger partial charge in [-0.15, -0.1) is 0 Å². The lowest BCUT2D eigenvalue weighted by Crippen LogP contribution is -2.52. The highest BCUT2D eigenvalue weighted by Crippen LogP contribution is 2.62. The van der Waals surface area contributed by atoms with Crippen LogP contribution in [-0.2, 0) is 19.1 Å². The van der Waals surface area contributed by atoms with E-state index in [0.717, 1.165) is 32.1 Å². The van der Waals surface area contributed by atoms with E-state index < -0.39 is 0 Å². The first kappa shape index (κ1) is 22.7. The van der Waals surface area contributed by atoms with E-state index in [1.165, 1.54) is 37.8 Å². The van der Waals surface area contributed by atoms with Gasteiger partial charge in [0.1, 0.15) is 6.61 Å². The molecule has 0 N–H and O–H groups in total. The van der Waals surface area contributed by atoms with Crippen molar-refractivity contribution in [3.05, 3.63) is 23.8 Å². The van der Waals surface area contributed by atoms with Crippen molar-refractivity contribution in [2.45, 2.75) is 79.6 Å². The van der Waals surface area contributed by atoms with Crippen LogP contribution in [0.2, 0.25) is 0 Å². The Hall–Kier alpha value is -1.58. The molecule has 2 aliphatic rings. The number of rotatable bonds is 7. The minimum Gasteiger partial charge on any atom is -0.465 e. The smallest absolute Gasteiger partial charge is 0.302 e. The molecule has 0 aromatic rings. The molecule has 0 saturated heterocycles. The van der Waals surface area contributed by atoms with Crippen LogP contribution in [0.3, 0.4) is 0 Å². The minimum absolute atomic E-state index is 0.0534. The summed E-state index contributed by atoms with van der Waals surface area (Å²) in [4.78, 5) is 22.4. The van der Waals surface area contributed by atoms with Crippen molar-refractivity contribution >= 4 is 11.9 Å². The first-order valence-corrected chi connectivity index (χ1v) is 10.7. The normalized spacial score (nSPS) is 33.2. The Balaban J connectivity index is 2.10. The molecule has 0 aromatic carbocycles. The Morgan fingerprint density at radius 3 is 2.46 bits per heavy atom. The summed E-state index contributed by atoms with van der Waals surface area (Å²) in [5.74, 6) is 0.613. The SMILES string of the molecule is C=C1CCC2C(C)(COC(C)=O)CCCC2(C)C1CCC(C)=CCOC(C)=O. The maximum atomic E-state index is 11.4. The summed E-state index contributed by atoms with van der Waals surface area (Å²) >= 11 is 0. The maximum absolute atomic E-state index is 11.4. The van der Waals surface area contributed by atoms with Gasteiger partial charge < -0.3 is 9.47 Å². The summed E-state index contributed by atoms with van der Waals surface area (Å²) in [5, 5.41) is 0. The number of esters is 2. The third kappa shape index (κ3) is 5.27. The maximum Gasteiger partial charge on any atom is 0.302 e. The third-order valence-electron chi connectivity index (χ3n) is 7.29. The van der Waals surface area contributed by atoms with Crippen LogP contribution < -0.4 is 0 Å². The lowest BCUT2D eigenvalue weighted by Gasteiger charge is -2.58. The molecule has 0 amide bonds.